The highest BCUT2D eigenvalue weighted by Gasteiger charge is 2.41. The van der Waals surface area contributed by atoms with Gasteiger partial charge in [0, 0.05) is 13.5 Å². The maximum Gasteiger partial charge on any atom is 0.303 e. The van der Waals surface area contributed by atoms with Crippen molar-refractivity contribution in [2.24, 2.45) is 0 Å². The van der Waals surface area contributed by atoms with E-state index in [4.69, 9.17) is 14.2 Å². The van der Waals surface area contributed by atoms with Gasteiger partial charge in [0.15, 0.2) is 12.4 Å². The zero-order valence-corrected chi connectivity index (χ0v) is 13.0. The van der Waals surface area contributed by atoms with Crippen molar-refractivity contribution < 1.29 is 29.2 Å². The van der Waals surface area contributed by atoms with Crippen molar-refractivity contribution in [3.05, 3.63) is 0 Å². The second-order valence-corrected chi connectivity index (χ2v) is 5.47. The van der Waals surface area contributed by atoms with E-state index in [-0.39, 0.29) is 6.61 Å². The largest absolute Gasteiger partial charge is 0.454 e. The van der Waals surface area contributed by atoms with Crippen LogP contribution in [-0.4, -0.2) is 54.0 Å². The van der Waals surface area contributed by atoms with Crippen LogP contribution in [0.5, 0.6) is 0 Å². The van der Waals surface area contributed by atoms with Crippen LogP contribution in [0.4, 0.5) is 0 Å². The zero-order chi connectivity index (χ0) is 15.7. The van der Waals surface area contributed by atoms with Crippen LogP contribution in [-0.2, 0) is 19.0 Å². The van der Waals surface area contributed by atoms with Gasteiger partial charge in [-0.1, -0.05) is 39.0 Å². The van der Waals surface area contributed by atoms with Crippen LogP contribution >= 0.6 is 0 Å². The standard InChI is InChI=1S/C15H28O6/c1-3-4-5-6-7-8-9-19-15-14(21-11(2)16)13(18)12(17)10-20-15/h12-15,17-18H,3-10H2,1-2H3/t12-,13+,14-,15-/m1/s1. The van der Waals surface area contributed by atoms with Gasteiger partial charge in [-0.2, -0.15) is 0 Å². The maximum atomic E-state index is 11.1. The van der Waals surface area contributed by atoms with Crippen LogP contribution in [0, 0.1) is 0 Å². The number of hydrogen-bond donors (Lipinski definition) is 2. The van der Waals surface area contributed by atoms with Crippen molar-refractivity contribution in [1.29, 1.82) is 0 Å². The van der Waals surface area contributed by atoms with Crippen LogP contribution in [0.25, 0.3) is 0 Å². The Hall–Kier alpha value is -0.690. The number of aliphatic hydroxyl groups excluding tert-OH is 2. The molecule has 0 amide bonds. The van der Waals surface area contributed by atoms with Gasteiger partial charge in [-0.05, 0) is 6.42 Å². The summed E-state index contributed by atoms with van der Waals surface area (Å²) >= 11 is 0. The normalized spacial score (nSPS) is 29.3. The molecule has 21 heavy (non-hydrogen) atoms. The van der Waals surface area contributed by atoms with Crippen LogP contribution in [0.15, 0.2) is 0 Å². The first-order chi connectivity index (χ1) is 10.1. The minimum Gasteiger partial charge on any atom is -0.454 e. The van der Waals surface area contributed by atoms with E-state index in [2.05, 4.69) is 6.92 Å². The number of ether oxygens (including phenoxy) is 3. The molecule has 1 fully saturated rings. The van der Waals surface area contributed by atoms with Gasteiger partial charge in [0.1, 0.15) is 12.2 Å². The molecule has 124 valence electrons. The van der Waals surface area contributed by atoms with Gasteiger partial charge in [0.25, 0.3) is 0 Å². The lowest BCUT2D eigenvalue weighted by molar-refractivity contribution is -0.275. The number of unbranched alkanes of at least 4 members (excludes halogenated alkanes) is 5. The third kappa shape index (κ3) is 6.74. The third-order valence-electron chi connectivity index (χ3n) is 3.51. The van der Waals surface area contributed by atoms with Gasteiger partial charge in [-0.25, -0.2) is 0 Å². The molecule has 0 aliphatic carbocycles. The van der Waals surface area contributed by atoms with E-state index in [1.165, 1.54) is 32.6 Å². The molecule has 0 spiro atoms. The van der Waals surface area contributed by atoms with Gasteiger partial charge in [-0.15, -0.1) is 0 Å². The number of esters is 1. The molecule has 4 atom stereocenters. The molecule has 0 bridgehead atoms. The number of hydrogen-bond acceptors (Lipinski definition) is 6. The molecule has 1 heterocycles. The van der Waals surface area contributed by atoms with Crippen molar-refractivity contribution in [3.8, 4) is 0 Å². The van der Waals surface area contributed by atoms with Crippen molar-refractivity contribution in [1.82, 2.24) is 0 Å². The van der Waals surface area contributed by atoms with Gasteiger partial charge in [0.2, 0.25) is 0 Å². The first-order valence-corrected chi connectivity index (χ1v) is 7.82. The van der Waals surface area contributed by atoms with Crippen LogP contribution < -0.4 is 0 Å². The molecule has 6 nitrogen and oxygen atoms in total. The quantitative estimate of drug-likeness (QED) is 0.494. The minimum atomic E-state index is -1.18. The average Bonchev–Trinajstić information content (AvgIpc) is 2.44. The summed E-state index contributed by atoms with van der Waals surface area (Å²) in [7, 11) is 0. The molecule has 0 aromatic rings. The van der Waals surface area contributed by atoms with Crippen molar-refractivity contribution >= 4 is 5.97 Å². The summed E-state index contributed by atoms with van der Waals surface area (Å²) < 4.78 is 15.9. The molecule has 2 N–H and O–H groups in total. The average molecular weight is 304 g/mol. The topological polar surface area (TPSA) is 85.2 Å². The van der Waals surface area contributed by atoms with Gasteiger partial charge in [0.05, 0.1) is 6.61 Å². The fourth-order valence-corrected chi connectivity index (χ4v) is 2.31. The Kier molecular flexibility index (Phi) is 8.84. The fraction of sp³-hybridized carbons (Fsp3) is 0.933. The Labute approximate surface area is 126 Å². The molecule has 1 aliphatic rings. The fourth-order valence-electron chi connectivity index (χ4n) is 2.31. The van der Waals surface area contributed by atoms with E-state index in [0.29, 0.717) is 6.61 Å². The molecule has 0 saturated carbocycles. The second-order valence-electron chi connectivity index (χ2n) is 5.47. The molecule has 0 unspecified atom stereocenters. The highest BCUT2D eigenvalue weighted by Crippen LogP contribution is 2.20. The molecule has 0 radical (unpaired) electrons. The maximum absolute atomic E-state index is 11.1. The second kappa shape index (κ2) is 10.1. The van der Waals surface area contributed by atoms with Crippen molar-refractivity contribution in [2.45, 2.75) is 77.0 Å². The lowest BCUT2D eigenvalue weighted by Gasteiger charge is -2.37. The zero-order valence-electron chi connectivity index (χ0n) is 13.0. The summed E-state index contributed by atoms with van der Waals surface area (Å²) in [6.45, 7) is 3.88. The minimum absolute atomic E-state index is 0.0277. The van der Waals surface area contributed by atoms with Crippen LogP contribution in [0.3, 0.4) is 0 Å². The molecule has 1 aliphatic heterocycles. The molecular formula is C15H28O6. The molecule has 6 heteroatoms. The summed E-state index contributed by atoms with van der Waals surface area (Å²) in [5, 5.41) is 19.4. The summed E-state index contributed by atoms with van der Waals surface area (Å²) in [4.78, 5) is 11.1. The van der Waals surface area contributed by atoms with Gasteiger partial charge >= 0.3 is 5.97 Å². The van der Waals surface area contributed by atoms with E-state index in [0.717, 1.165) is 12.8 Å². The number of carbonyl (C=O) groups excluding carboxylic acids is 1. The first kappa shape index (κ1) is 18.4. The smallest absolute Gasteiger partial charge is 0.303 e. The molecule has 0 aromatic carbocycles. The predicted octanol–water partition coefficient (Wildman–Crippen LogP) is 1.37. The summed E-state index contributed by atoms with van der Waals surface area (Å²) in [5.41, 5.74) is 0. The van der Waals surface area contributed by atoms with E-state index in [1.807, 2.05) is 0 Å². The Bertz CT molecular complexity index is 296. The van der Waals surface area contributed by atoms with Crippen molar-refractivity contribution in [3.63, 3.8) is 0 Å². The molecule has 0 aromatic heterocycles. The highest BCUT2D eigenvalue weighted by atomic mass is 16.7. The Morgan fingerprint density at radius 1 is 1.19 bits per heavy atom. The Balaban J connectivity index is 2.28. The number of carbonyl (C=O) groups is 1. The van der Waals surface area contributed by atoms with Crippen molar-refractivity contribution in [2.75, 3.05) is 13.2 Å². The first-order valence-electron chi connectivity index (χ1n) is 7.82. The summed E-state index contributed by atoms with van der Waals surface area (Å²) in [5.74, 6) is -0.537. The molecule has 1 rings (SSSR count). The van der Waals surface area contributed by atoms with E-state index in [9.17, 15) is 15.0 Å². The van der Waals surface area contributed by atoms with Gasteiger partial charge in [-0.3, -0.25) is 4.79 Å². The van der Waals surface area contributed by atoms with Gasteiger partial charge < -0.3 is 24.4 Å². The number of aliphatic hydroxyl groups is 2. The van der Waals surface area contributed by atoms with E-state index in [1.54, 1.807) is 0 Å². The highest BCUT2D eigenvalue weighted by molar-refractivity contribution is 5.66. The van der Waals surface area contributed by atoms with E-state index >= 15 is 0 Å². The summed E-state index contributed by atoms with van der Waals surface area (Å²) in [6.07, 6.45) is 2.82. The Morgan fingerprint density at radius 2 is 1.86 bits per heavy atom. The van der Waals surface area contributed by atoms with Crippen LogP contribution in [0.1, 0.15) is 52.4 Å². The monoisotopic (exact) mass is 304 g/mol. The van der Waals surface area contributed by atoms with E-state index < -0.39 is 30.6 Å². The predicted molar refractivity (Wildman–Crippen MR) is 76.6 cm³/mol. The SMILES string of the molecule is CCCCCCCCO[C@@H]1OC[C@@H](O)[C@H](O)[C@H]1OC(C)=O. The molecule has 1 saturated heterocycles. The Morgan fingerprint density at radius 3 is 2.52 bits per heavy atom. The van der Waals surface area contributed by atoms with Crippen LogP contribution in [0.2, 0.25) is 0 Å². The number of rotatable bonds is 9. The molecular weight excluding hydrogens is 276 g/mol. The summed E-state index contributed by atoms with van der Waals surface area (Å²) in [6, 6.07) is 0. The lowest BCUT2D eigenvalue weighted by atomic mass is 10.1. The lowest BCUT2D eigenvalue weighted by Crippen LogP contribution is -2.55. The third-order valence-corrected chi connectivity index (χ3v) is 3.51.